The molecule has 2 nitrogen and oxygen atoms in total. The van der Waals surface area contributed by atoms with Gasteiger partial charge in [0.15, 0.2) is 0 Å². The number of nitrogens with two attached hydrogens (primary N) is 1. The van der Waals surface area contributed by atoms with E-state index < -0.39 is 0 Å². The molecule has 2 N–H and O–H groups in total. The Hall–Kier alpha value is -0.280. The molecule has 0 fully saturated rings. The van der Waals surface area contributed by atoms with Crippen LogP contribution in [0.2, 0.25) is 10.0 Å². The van der Waals surface area contributed by atoms with Gasteiger partial charge in [0, 0.05) is 11.6 Å². The molecule has 0 aliphatic heterocycles. The molecule has 4 heteroatoms. The Morgan fingerprint density at radius 2 is 1.82 bits per heavy atom. The molecule has 0 aliphatic carbocycles. The van der Waals surface area contributed by atoms with Crippen LogP contribution >= 0.6 is 23.2 Å². The molecule has 1 aromatic rings. The predicted octanol–water partition coefficient (Wildman–Crippen LogP) is 3.20. The number of hydrogen-bond donors (Lipinski definition) is 1. The highest BCUT2D eigenvalue weighted by molar-refractivity contribution is 6.42. The molecule has 1 aromatic carbocycles. The summed E-state index contributed by atoms with van der Waals surface area (Å²) in [6, 6.07) is 5.71. The minimum absolute atomic E-state index is 0.0368. The third-order valence-corrected chi connectivity index (χ3v) is 4.24. The fourth-order valence-electron chi connectivity index (χ4n) is 1.50. The molecule has 0 aliphatic rings. The van der Waals surface area contributed by atoms with E-state index in [9.17, 15) is 0 Å². The Kier molecular flexibility index (Phi) is 4.85. The average molecular weight is 275 g/mol. The topological polar surface area (TPSA) is 29.3 Å². The second kappa shape index (κ2) is 5.57. The Morgan fingerprint density at radius 1 is 1.24 bits per heavy atom. The maximum Gasteiger partial charge on any atom is 0.0595 e. The summed E-state index contributed by atoms with van der Waals surface area (Å²) < 4.78 is 0. The first-order chi connectivity index (χ1) is 7.75. The van der Waals surface area contributed by atoms with Crippen molar-refractivity contribution in [2.75, 3.05) is 14.1 Å². The lowest BCUT2D eigenvalue weighted by atomic mass is 9.89. The summed E-state index contributed by atoms with van der Waals surface area (Å²) in [7, 11) is 4.07. The third kappa shape index (κ3) is 3.59. The molecule has 1 unspecified atom stereocenters. The average Bonchev–Trinajstić information content (AvgIpc) is 2.23. The molecular formula is C13H20Cl2N2. The third-order valence-electron chi connectivity index (χ3n) is 3.50. The zero-order chi connectivity index (χ0) is 13.2. The number of nitrogens with zero attached hydrogens (tertiary/aromatic N) is 1. The first kappa shape index (κ1) is 14.8. The summed E-state index contributed by atoms with van der Waals surface area (Å²) in [5.41, 5.74) is 7.30. The van der Waals surface area contributed by atoms with Crippen molar-refractivity contribution in [1.82, 2.24) is 4.90 Å². The van der Waals surface area contributed by atoms with Crippen molar-refractivity contribution < 1.29 is 0 Å². The first-order valence-corrected chi connectivity index (χ1v) is 6.37. The normalized spacial score (nSPS) is 14.1. The maximum absolute atomic E-state index is 6.25. The minimum atomic E-state index is -0.0634. The van der Waals surface area contributed by atoms with Gasteiger partial charge in [0.1, 0.15) is 0 Å². The van der Waals surface area contributed by atoms with Gasteiger partial charge in [0.2, 0.25) is 0 Å². The number of rotatable bonds is 4. The summed E-state index contributed by atoms with van der Waals surface area (Å²) in [6.45, 7) is 4.27. The van der Waals surface area contributed by atoms with Crippen molar-refractivity contribution in [3.8, 4) is 0 Å². The van der Waals surface area contributed by atoms with Crippen LogP contribution in [-0.2, 0) is 6.42 Å². The molecule has 0 radical (unpaired) electrons. The number of halogens is 2. The van der Waals surface area contributed by atoms with Crippen molar-refractivity contribution in [1.29, 1.82) is 0 Å². The maximum atomic E-state index is 6.25. The molecule has 1 rings (SSSR count). The predicted molar refractivity (Wildman–Crippen MR) is 75.9 cm³/mol. The lowest BCUT2D eigenvalue weighted by molar-refractivity contribution is 0.158. The van der Waals surface area contributed by atoms with E-state index in [0.717, 1.165) is 12.0 Å². The van der Waals surface area contributed by atoms with Gasteiger partial charge in [-0.05, 0) is 52.1 Å². The summed E-state index contributed by atoms with van der Waals surface area (Å²) in [4.78, 5) is 2.13. The van der Waals surface area contributed by atoms with E-state index in [1.807, 2.05) is 32.3 Å². The van der Waals surface area contributed by atoms with Gasteiger partial charge >= 0.3 is 0 Å². The second-order valence-electron chi connectivity index (χ2n) is 5.11. The second-order valence-corrected chi connectivity index (χ2v) is 5.92. The van der Waals surface area contributed by atoms with Crippen LogP contribution in [0.4, 0.5) is 0 Å². The highest BCUT2D eigenvalue weighted by Gasteiger charge is 2.28. The van der Waals surface area contributed by atoms with Crippen LogP contribution < -0.4 is 5.73 Å². The first-order valence-electron chi connectivity index (χ1n) is 5.62. The van der Waals surface area contributed by atoms with Crippen LogP contribution in [0.5, 0.6) is 0 Å². The van der Waals surface area contributed by atoms with E-state index >= 15 is 0 Å². The molecule has 96 valence electrons. The van der Waals surface area contributed by atoms with Crippen molar-refractivity contribution in [2.45, 2.75) is 31.8 Å². The Morgan fingerprint density at radius 3 is 2.29 bits per heavy atom. The molecular weight excluding hydrogens is 255 g/mol. The molecule has 0 amide bonds. The van der Waals surface area contributed by atoms with Gasteiger partial charge in [-0.3, -0.25) is 0 Å². The van der Waals surface area contributed by atoms with Gasteiger partial charge in [-0.1, -0.05) is 29.3 Å². The summed E-state index contributed by atoms with van der Waals surface area (Å²) in [5.74, 6) is 0. The highest BCUT2D eigenvalue weighted by atomic mass is 35.5. The van der Waals surface area contributed by atoms with Crippen LogP contribution in [-0.4, -0.2) is 30.6 Å². The Balaban J connectivity index is 2.81. The van der Waals surface area contributed by atoms with E-state index in [-0.39, 0.29) is 11.6 Å². The standard InChI is InChI=1S/C13H20Cl2N2/c1-13(2,17(3)4)12(16)8-9-5-6-10(14)11(15)7-9/h5-7,12H,8,16H2,1-4H3. The van der Waals surface area contributed by atoms with E-state index in [2.05, 4.69) is 18.7 Å². The smallest absolute Gasteiger partial charge is 0.0595 e. The Labute approximate surface area is 114 Å². The molecule has 1 atom stereocenters. The zero-order valence-electron chi connectivity index (χ0n) is 10.8. The highest BCUT2D eigenvalue weighted by Crippen LogP contribution is 2.24. The van der Waals surface area contributed by atoms with E-state index in [0.29, 0.717) is 10.0 Å². The van der Waals surface area contributed by atoms with Crippen LogP contribution in [0.3, 0.4) is 0 Å². The lowest BCUT2D eigenvalue weighted by Gasteiger charge is -2.38. The molecule has 17 heavy (non-hydrogen) atoms. The van der Waals surface area contributed by atoms with Crippen LogP contribution in [0.25, 0.3) is 0 Å². The lowest BCUT2D eigenvalue weighted by Crippen LogP contribution is -2.54. The van der Waals surface area contributed by atoms with E-state index in [1.54, 1.807) is 0 Å². The van der Waals surface area contributed by atoms with E-state index in [1.165, 1.54) is 0 Å². The molecule has 0 saturated heterocycles. The molecule has 0 saturated carbocycles. The van der Waals surface area contributed by atoms with Crippen molar-refractivity contribution in [3.63, 3.8) is 0 Å². The zero-order valence-corrected chi connectivity index (χ0v) is 12.3. The van der Waals surface area contributed by atoms with Gasteiger partial charge < -0.3 is 10.6 Å². The molecule has 0 heterocycles. The number of likely N-dealkylation sites (N-methyl/N-ethyl adjacent to an activating group) is 1. The van der Waals surface area contributed by atoms with Crippen LogP contribution in [0, 0.1) is 0 Å². The fraction of sp³-hybridized carbons (Fsp3) is 0.538. The summed E-state index contributed by atoms with van der Waals surface area (Å²) in [5, 5.41) is 1.16. The molecule has 0 spiro atoms. The van der Waals surface area contributed by atoms with Gasteiger partial charge in [-0.15, -0.1) is 0 Å². The van der Waals surface area contributed by atoms with Gasteiger partial charge in [-0.25, -0.2) is 0 Å². The Bertz CT molecular complexity index is 389. The summed E-state index contributed by atoms with van der Waals surface area (Å²) in [6.07, 6.45) is 0.780. The fourth-order valence-corrected chi connectivity index (χ4v) is 1.82. The quantitative estimate of drug-likeness (QED) is 0.914. The van der Waals surface area contributed by atoms with Gasteiger partial charge in [0.25, 0.3) is 0 Å². The molecule has 0 bridgehead atoms. The van der Waals surface area contributed by atoms with Gasteiger partial charge in [0.05, 0.1) is 10.0 Å². The molecule has 0 aromatic heterocycles. The van der Waals surface area contributed by atoms with Gasteiger partial charge in [-0.2, -0.15) is 0 Å². The van der Waals surface area contributed by atoms with Crippen molar-refractivity contribution in [3.05, 3.63) is 33.8 Å². The summed E-state index contributed by atoms with van der Waals surface area (Å²) >= 11 is 11.9. The minimum Gasteiger partial charge on any atom is -0.326 e. The number of hydrogen-bond acceptors (Lipinski definition) is 2. The van der Waals surface area contributed by atoms with Crippen LogP contribution in [0.1, 0.15) is 19.4 Å². The van der Waals surface area contributed by atoms with Crippen LogP contribution in [0.15, 0.2) is 18.2 Å². The largest absolute Gasteiger partial charge is 0.326 e. The van der Waals surface area contributed by atoms with E-state index in [4.69, 9.17) is 28.9 Å². The van der Waals surface area contributed by atoms with Crippen molar-refractivity contribution >= 4 is 23.2 Å². The SMILES string of the molecule is CN(C)C(C)(C)C(N)Cc1ccc(Cl)c(Cl)c1. The monoisotopic (exact) mass is 274 g/mol. The number of benzene rings is 1. The van der Waals surface area contributed by atoms with Crippen molar-refractivity contribution in [2.24, 2.45) is 5.73 Å².